The van der Waals surface area contributed by atoms with Crippen LogP contribution in [0.3, 0.4) is 0 Å². The maximum absolute atomic E-state index is 12.1. The van der Waals surface area contributed by atoms with E-state index in [9.17, 15) is 8.42 Å². The fourth-order valence-corrected chi connectivity index (χ4v) is 3.97. The van der Waals surface area contributed by atoms with Gasteiger partial charge >= 0.3 is 0 Å². The number of rotatable bonds is 8. The van der Waals surface area contributed by atoms with Gasteiger partial charge in [0.15, 0.2) is 9.84 Å². The summed E-state index contributed by atoms with van der Waals surface area (Å²) >= 11 is 0. The van der Waals surface area contributed by atoms with Crippen molar-refractivity contribution in [1.29, 1.82) is 0 Å². The number of hydrogen-bond donors (Lipinski definition) is 1. The molecule has 0 radical (unpaired) electrons. The van der Waals surface area contributed by atoms with Crippen LogP contribution in [0.4, 0.5) is 0 Å². The summed E-state index contributed by atoms with van der Waals surface area (Å²) in [6, 6.07) is 0. The van der Waals surface area contributed by atoms with E-state index in [0.717, 1.165) is 12.8 Å². The van der Waals surface area contributed by atoms with Gasteiger partial charge in [0, 0.05) is 20.2 Å². The van der Waals surface area contributed by atoms with E-state index < -0.39 is 9.84 Å². The van der Waals surface area contributed by atoms with Crippen LogP contribution in [0.15, 0.2) is 0 Å². The molecule has 1 unspecified atom stereocenters. The van der Waals surface area contributed by atoms with Crippen LogP contribution in [0.25, 0.3) is 0 Å². The minimum Gasteiger partial charge on any atom is -0.383 e. The van der Waals surface area contributed by atoms with Crippen LogP contribution in [0.1, 0.15) is 32.6 Å². The molecule has 0 aliphatic heterocycles. The summed E-state index contributed by atoms with van der Waals surface area (Å²) in [6.45, 7) is 3.65. The van der Waals surface area contributed by atoms with Gasteiger partial charge in [-0.15, -0.1) is 0 Å². The first kappa shape index (κ1) is 14.9. The van der Waals surface area contributed by atoms with E-state index in [1.165, 1.54) is 12.8 Å². The fourth-order valence-electron chi connectivity index (χ4n) is 2.28. The molecule has 4 nitrogen and oxygen atoms in total. The molecule has 0 heterocycles. The molecule has 1 aliphatic carbocycles. The molecule has 5 heteroatoms. The first-order valence-electron chi connectivity index (χ1n) is 6.47. The quantitative estimate of drug-likeness (QED) is 0.669. The third kappa shape index (κ3) is 5.36. The second-order valence-electron chi connectivity index (χ2n) is 4.99. The van der Waals surface area contributed by atoms with Crippen molar-refractivity contribution in [3.8, 4) is 0 Å². The summed E-state index contributed by atoms with van der Waals surface area (Å²) in [5.74, 6) is 0.779. The van der Waals surface area contributed by atoms with Gasteiger partial charge in [-0.1, -0.05) is 12.8 Å². The van der Waals surface area contributed by atoms with Gasteiger partial charge in [-0.3, -0.25) is 0 Å². The van der Waals surface area contributed by atoms with E-state index in [1.54, 1.807) is 14.0 Å². The predicted molar refractivity (Wildman–Crippen MR) is 70.0 cm³/mol. The number of ether oxygens (including phenoxy) is 1. The topological polar surface area (TPSA) is 55.4 Å². The van der Waals surface area contributed by atoms with Gasteiger partial charge in [0.25, 0.3) is 0 Å². The lowest BCUT2D eigenvalue weighted by Gasteiger charge is -2.16. The first-order valence-corrected chi connectivity index (χ1v) is 8.19. The largest absolute Gasteiger partial charge is 0.383 e. The Hall–Kier alpha value is -0.130. The second-order valence-corrected chi connectivity index (χ2v) is 7.45. The van der Waals surface area contributed by atoms with Gasteiger partial charge in [0.05, 0.1) is 17.6 Å². The Bertz CT molecular complexity index is 297. The molecule has 1 aliphatic rings. The van der Waals surface area contributed by atoms with Crippen molar-refractivity contribution < 1.29 is 13.2 Å². The highest BCUT2D eigenvalue weighted by Crippen LogP contribution is 2.26. The van der Waals surface area contributed by atoms with Crippen LogP contribution >= 0.6 is 0 Å². The monoisotopic (exact) mass is 263 g/mol. The Morgan fingerprint density at radius 2 is 2.00 bits per heavy atom. The van der Waals surface area contributed by atoms with E-state index in [4.69, 9.17) is 4.74 Å². The number of nitrogens with one attached hydrogen (secondary N) is 1. The Balaban J connectivity index is 2.29. The molecule has 1 N–H and O–H groups in total. The lowest BCUT2D eigenvalue weighted by Crippen LogP contribution is -2.35. The van der Waals surface area contributed by atoms with Crippen molar-refractivity contribution in [2.75, 3.05) is 32.6 Å². The summed E-state index contributed by atoms with van der Waals surface area (Å²) in [4.78, 5) is 0. The normalized spacial score (nSPS) is 19.6. The molecule has 0 bridgehead atoms. The van der Waals surface area contributed by atoms with Gasteiger partial charge < -0.3 is 10.1 Å². The summed E-state index contributed by atoms with van der Waals surface area (Å²) in [5, 5.41) is 2.82. The summed E-state index contributed by atoms with van der Waals surface area (Å²) in [5.41, 5.74) is 0. The average molecular weight is 263 g/mol. The average Bonchev–Trinajstić information content (AvgIpc) is 2.76. The zero-order valence-corrected chi connectivity index (χ0v) is 11.8. The molecule has 102 valence electrons. The van der Waals surface area contributed by atoms with Crippen molar-refractivity contribution in [3.63, 3.8) is 0 Å². The van der Waals surface area contributed by atoms with Crippen LogP contribution in [0, 0.1) is 5.92 Å². The molecule has 0 aromatic heterocycles. The molecule has 1 saturated carbocycles. The van der Waals surface area contributed by atoms with Crippen LogP contribution in [0.5, 0.6) is 0 Å². The van der Waals surface area contributed by atoms with Gasteiger partial charge in [-0.25, -0.2) is 8.42 Å². The summed E-state index contributed by atoms with van der Waals surface area (Å²) in [6.07, 6.45) is 4.56. The zero-order chi connectivity index (χ0) is 12.7. The lowest BCUT2D eigenvalue weighted by atomic mass is 10.1. The van der Waals surface area contributed by atoms with Crippen molar-refractivity contribution in [2.45, 2.75) is 37.9 Å². The standard InChI is InChI=1S/C12H25NO3S/c1-11(9-13-7-8-16-2)17(14,15)10-12-5-3-4-6-12/h11-13H,3-10H2,1-2H3. The summed E-state index contributed by atoms with van der Waals surface area (Å²) < 4.78 is 29.1. The van der Waals surface area contributed by atoms with Gasteiger partial charge in [0.2, 0.25) is 0 Å². The molecule has 1 rings (SSSR count). The van der Waals surface area contributed by atoms with Crippen molar-refractivity contribution in [1.82, 2.24) is 5.32 Å². The summed E-state index contributed by atoms with van der Waals surface area (Å²) in [7, 11) is -1.29. The highest BCUT2D eigenvalue weighted by molar-refractivity contribution is 7.92. The highest BCUT2D eigenvalue weighted by atomic mass is 32.2. The van der Waals surface area contributed by atoms with Crippen LogP contribution < -0.4 is 5.32 Å². The molecule has 0 saturated heterocycles. The molecule has 1 fully saturated rings. The highest BCUT2D eigenvalue weighted by Gasteiger charge is 2.26. The SMILES string of the molecule is COCCNCC(C)S(=O)(=O)CC1CCCC1. The maximum atomic E-state index is 12.1. The molecule has 17 heavy (non-hydrogen) atoms. The van der Waals surface area contributed by atoms with Crippen molar-refractivity contribution in [3.05, 3.63) is 0 Å². The van der Waals surface area contributed by atoms with E-state index in [0.29, 0.717) is 31.4 Å². The number of sulfone groups is 1. The van der Waals surface area contributed by atoms with Crippen LogP contribution in [0.2, 0.25) is 0 Å². The minimum absolute atomic E-state index is 0.292. The third-order valence-corrected chi connectivity index (χ3v) is 5.80. The molecule has 0 amide bonds. The predicted octanol–water partition coefficient (Wildman–Crippen LogP) is 1.22. The Labute approximate surface area is 105 Å². The Kier molecular flexibility index (Phi) is 6.44. The Morgan fingerprint density at radius 3 is 2.59 bits per heavy atom. The van der Waals surface area contributed by atoms with Crippen molar-refractivity contribution >= 4 is 9.84 Å². The van der Waals surface area contributed by atoms with E-state index >= 15 is 0 Å². The van der Waals surface area contributed by atoms with Crippen LogP contribution in [-0.2, 0) is 14.6 Å². The number of hydrogen-bond acceptors (Lipinski definition) is 4. The molecule has 0 aromatic carbocycles. The van der Waals surface area contributed by atoms with Gasteiger partial charge in [0.1, 0.15) is 0 Å². The number of methoxy groups -OCH3 is 1. The molecule has 0 aromatic rings. The second kappa shape index (κ2) is 7.34. The third-order valence-electron chi connectivity index (χ3n) is 3.47. The first-order chi connectivity index (χ1) is 8.06. The van der Waals surface area contributed by atoms with E-state index in [2.05, 4.69) is 5.32 Å². The molecule has 1 atom stereocenters. The Morgan fingerprint density at radius 1 is 1.35 bits per heavy atom. The molecule has 0 spiro atoms. The van der Waals surface area contributed by atoms with Crippen molar-refractivity contribution in [2.24, 2.45) is 5.92 Å². The van der Waals surface area contributed by atoms with E-state index in [-0.39, 0.29) is 5.25 Å². The van der Waals surface area contributed by atoms with Crippen LogP contribution in [-0.4, -0.2) is 46.2 Å². The zero-order valence-electron chi connectivity index (χ0n) is 10.9. The van der Waals surface area contributed by atoms with E-state index in [1.807, 2.05) is 0 Å². The maximum Gasteiger partial charge on any atom is 0.154 e. The molecular formula is C12H25NO3S. The fraction of sp³-hybridized carbons (Fsp3) is 1.00. The minimum atomic E-state index is -2.93. The smallest absolute Gasteiger partial charge is 0.154 e. The van der Waals surface area contributed by atoms with Gasteiger partial charge in [-0.05, 0) is 25.7 Å². The lowest BCUT2D eigenvalue weighted by molar-refractivity contribution is 0.199. The molecular weight excluding hydrogens is 238 g/mol. The van der Waals surface area contributed by atoms with Gasteiger partial charge in [-0.2, -0.15) is 0 Å².